The van der Waals surface area contributed by atoms with Gasteiger partial charge in [-0.25, -0.2) is 4.98 Å². The van der Waals surface area contributed by atoms with Crippen molar-refractivity contribution in [2.75, 3.05) is 0 Å². The Kier molecular flexibility index (Phi) is 4.48. The molecule has 0 atom stereocenters. The van der Waals surface area contributed by atoms with Gasteiger partial charge in [0.1, 0.15) is 5.58 Å². The lowest BCUT2D eigenvalue weighted by atomic mass is 9.63. The molecule has 1 aliphatic rings. The zero-order valence-corrected chi connectivity index (χ0v) is 17.0. The van der Waals surface area contributed by atoms with Crippen molar-refractivity contribution in [3.8, 4) is 23.6 Å². The maximum atomic E-state index is 6.73. The quantitative estimate of drug-likeness (QED) is 0.319. The zero-order valence-electron chi connectivity index (χ0n) is 17.0. The predicted octanol–water partition coefficient (Wildman–Crippen LogP) is 6.00. The van der Waals surface area contributed by atoms with Crippen LogP contribution in [0.4, 0.5) is 0 Å². The van der Waals surface area contributed by atoms with Gasteiger partial charge in [0.05, 0.1) is 13.5 Å². The number of furan rings is 1. The number of aromatic nitrogens is 2. The molecule has 30 heavy (non-hydrogen) atoms. The molecule has 2 radical (unpaired) electrons. The number of fused-ring (bicyclic) bond motifs is 3. The lowest BCUT2D eigenvalue weighted by Crippen LogP contribution is -2.22. The number of nitrogens with zero attached hydrogens (tertiary/aromatic N) is 2. The average Bonchev–Trinajstić information content (AvgIpc) is 3.39. The van der Waals surface area contributed by atoms with Gasteiger partial charge in [0, 0.05) is 39.9 Å². The van der Waals surface area contributed by atoms with E-state index in [-0.39, 0.29) is 5.31 Å². The number of pyridine rings is 2. The first-order valence-electron chi connectivity index (χ1n) is 10.3. The summed E-state index contributed by atoms with van der Waals surface area (Å²) in [6.07, 6.45) is 17.7. The first-order valence-corrected chi connectivity index (χ1v) is 10.3. The third-order valence-corrected chi connectivity index (χ3v) is 6.15. The van der Waals surface area contributed by atoms with Crippen LogP contribution in [0.5, 0.6) is 0 Å². The van der Waals surface area contributed by atoms with E-state index in [0.717, 1.165) is 70.0 Å². The van der Waals surface area contributed by atoms with Crippen molar-refractivity contribution in [3.63, 3.8) is 0 Å². The molecule has 0 saturated heterocycles. The standard InChI is InChI=1S/C26H21BN2O/c1-3-8-19-17(4-2)15-21(23-20-9-7-13-29-25(20)30-24(19)23)22-16-18(10-14-28-22)26(27)11-5-6-12-26/h2-3,7-10,13-16H,5-6,11-12H2,1H3/b8-3-. The van der Waals surface area contributed by atoms with Gasteiger partial charge >= 0.3 is 0 Å². The van der Waals surface area contributed by atoms with Crippen LogP contribution in [-0.4, -0.2) is 17.8 Å². The molecule has 5 rings (SSSR count). The summed E-state index contributed by atoms with van der Waals surface area (Å²) in [5.74, 6) is 2.82. The van der Waals surface area contributed by atoms with Crippen molar-refractivity contribution in [2.24, 2.45) is 0 Å². The minimum absolute atomic E-state index is 0.281. The van der Waals surface area contributed by atoms with E-state index in [4.69, 9.17) is 23.7 Å². The first kappa shape index (κ1) is 18.7. The average molecular weight is 388 g/mol. The Bertz CT molecular complexity index is 1340. The van der Waals surface area contributed by atoms with E-state index in [1.807, 2.05) is 49.5 Å². The molecule has 1 aliphatic carbocycles. The molecule has 0 unspecified atom stereocenters. The molecule has 3 heterocycles. The summed E-state index contributed by atoms with van der Waals surface area (Å²) in [5, 5.41) is 1.65. The highest BCUT2D eigenvalue weighted by atomic mass is 16.3. The summed E-state index contributed by atoms with van der Waals surface area (Å²) in [4.78, 5) is 9.11. The SMILES string of the molecule is [B]C1(c2ccnc(-c3cc(C#C)c(/C=C\C)c4oc5ncccc5c34)c2)CCCC1. The molecule has 3 aromatic heterocycles. The Balaban J connectivity index is 1.84. The molecule has 0 spiro atoms. The van der Waals surface area contributed by atoms with Crippen LogP contribution in [0.15, 0.2) is 53.2 Å². The van der Waals surface area contributed by atoms with E-state index in [0.29, 0.717) is 5.71 Å². The fraction of sp³-hybridized carbons (Fsp3) is 0.231. The Morgan fingerprint density at radius 3 is 2.77 bits per heavy atom. The van der Waals surface area contributed by atoms with Crippen molar-refractivity contribution in [3.05, 3.63) is 65.5 Å². The van der Waals surface area contributed by atoms with Crippen molar-refractivity contribution in [1.82, 2.24) is 9.97 Å². The van der Waals surface area contributed by atoms with Gasteiger partial charge in [-0.15, -0.1) is 6.42 Å². The second kappa shape index (κ2) is 7.18. The largest absolute Gasteiger partial charge is 0.437 e. The maximum absolute atomic E-state index is 6.73. The summed E-state index contributed by atoms with van der Waals surface area (Å²) < 4.78 is 6.18. The summed E-state index contributed by atoms with van der Waals surface area (Å²) >= 11 is 0. The minimum atomic E-state index is -0.281. The van der Waals surface area contributed by atoms with Crippen LogP contribution in [0.1, 0.15) is 49.3 Å². The highest BCUT2D eigenvalue weighted by Gasteiger charge is 2.30. The van der Waals surface area contributed by atoms with E-state index >= 15 is 0 Å². The van der Waals surface area contributed by atoms with Gasteiger partial charge < -0.3 is 4.42 Å². The number of allylic oxidation sites excluding steroid dienone is 1. The maximum Gasteiger partial charge on any atom is 0.227 e. The second-order valence-corrected chi connectivity index (χ2v) is 7.99. The topological polar surface area (TPSA) is 38.9 Å². The smallest absolute Gasteiger partial charge is 0.227 e. The third-order valence-electron chi connectivity index (χ3n) is 6.15. The van der Waals surface area contributed by atoms with Gasteiger partial charge in [0.25, 0.3) is 0 Å². The lowest BCUT2D eigenvalue weighted by Gasteiger charge is -2.25. The normalized spacial score (nSPS) is 15.9. The van der Waals surface area contributed by atoms with Crippen LogP contribution in [0.3, 0.4) is 0 Å². The first-order chi connectivity index (χ1) is 14.6. The monoisotopic (exact) mass is 388 g/mol. The lowest BCUT2D eigenvalue weighted by molar-refractivity contribution is 0.635. The van der Waals surface area contributed by atoms with Crippen molar-refractivity contribution >= 4 is 36.0 Å². The molecule has 0 amide bonds. The zero-order chi connectivity index (χ0) is 20.7. The fourth-order valence-corrected chi connectivity index (χ4v) is 4.64. The molecule has 0 bridgehead atoms. The fourth-order valence-electron chi connectivity index (χ4n) is 4.64. The summed E-state index contributed by atoms with van der Waals surface area (Å²) in [7, 11) is 6.73. The molecule has 1 saturated carbocycles. The molecule has 0 aliphatic heterocycles. The van der Waals surface area contributed by atoms with Gasteiger partial charge in [-0.3, -0.25) is 4.98 Å². The molecule has 144 valence electrons. The van der Waals surface area contributed by atoms with E-state index in [1.165, 1.54) is 0 Å². The third kappa shape index (κ3) is 2.85. The van der Waals surface area contributed by atoms with Gasteiger partial charge in [0.15, 0.2) is 0 Å². The molecule has 1 aromatic carbocycles. The van der Waals surface area contributed by atoms with Crippen LogP contribution in [0.2, 0.25) is 0 Å². The van der Waals surface area contributed by atoms with Gasteiger partial charge in [-0.05, 0) is 48.1 Å². The Morgan fingerprint density at radius 2 is 2.00 bits per heavy atom. The molecule has 0 N–H and O–H groups in total. The highest BCUT2D eigenvalue weighted by Crippen LogP contribution is 2.42. The predicted molar refractivity (Wildman–Crippen MR) is 123 cm³/mol. The molecular formula is C26H21BN2O. The number of rotatable bonds is 3. The molecule has 4 aromatic rings. The second-order valence-electron chi connectivity index (χ2n) is 7.99. The van der Waals surface area contributed by atoms with Crippen LogP contribution >= 0.6 is 0 Å². The number of terminal acetylenes is 1. The van der Waals surface area contributed by atoms with Gasteiger partial charge in [-0.1, -0.05) is 43.8 Å². The Morgan fingerprint density at radius 1 is 1.17 bits per heavy atom. The van der Waals surface area contributed by atoms with E-state index in [9.17, 15) is 0 Å². The molecular weight excluding hydrogens is 367 g/mol. The van der Waals surface area contributed by atoms with Crippen LogP contribution < -0.4 is 0 Å². The molecule has 4 heteroatoms. The number of hydrogen-bond donors (Lipinski definition) is 0. The molecule has 3 nitrogen and oxygen atoms in total. The van der Waals surface area contributed by atoms with Crippen molar-refractivity contribution in [1.29, 1.82) is 0 Å². The molecule has 1 fully saturated rings. The van der Waals surface area contributed by atoms with E-state index < -0.39 is 0 Å². The Hall–Kier alpha value is -3.32. The summed E-state index contributed by atoms with van der Waals surface area (Å²) in [6.45, 7) is 1.97. The summed E-state index contributed by atoms with van der Waals surface area (Å²) in [5.41, 5.74) is 5.91. The minimum Gasteiger partial charge on any atom is -0.437 e. The highest BCUT2D eigenvalue weighted by molar-refractivity contribution is 6.16. The summed E-state index contributed by atoms with van der Waals surface area (Å²) in [6, 6.07) is 10.1. The number of benzene rings is 1. The van der Waals surface area contributed by atoms with E-state index in [2.05, 4.69) is 17.0 Å². The Labute approximate surface area is 177 Å². The number of hydrogen-bond acceptors (Lipinski definition) is 3. The van der Waals surface area contributed by atoms with Crippen LogP contribution in [-0.2, 0) is 5.31 Å². The van der Waals surface area contributed by atoms with E-state index in [1.54, 1.807) is 6.20 Å². The van der Waals surface area contributed by atoms with Crippen molar-refractivity contribution in [2.45, 2.75) is 37.9 Å². The van der Waals surface area contributed by atoms with Gasteiger partial charge in [-0.2, -0.15) is 0 Å². The van der Waals surface area contributed by atoms with Gasteiger partial charge in [0.2, 0.25) is 5.71 Å². The van der Waals surface area contributed by atoms with Crippen molar-refractivity contribution < 1.29 is 4.42 Å². The van der Waals surface area contributed by atoms with Crippen LogP contribution in [0, 0.1) is 12.3 Å². The van der Waals surface area contributed by atoms with Crippen LogP contribution in [0.25, 0.3) is 39.4 Å².